The van der Waals surface area contributed by atoms with E-state index in [1.807, 2.05) is 12.2 Å². The van der Waals surface area contributed by atoms with Gasteiger partial charge in [0.25, 0.3) is 0 Å². The van der Waals surface area contributed by atoms with Crippen LogP contribution in [0.1, 0.15) is 26.7 Å². The van der Waals surface area contributed by atoms with Crippen LogP contribution < -0.4 is 5.32 Å². The molecule has 0 aromatic heterocycles. The Morgan fingerprint density at radius 2 is 1.73 bits per heavy atom. The quantitative estimate of drug-likeness (QED) is 0.677. The molecule has 0 unspecified atom stereocenters. The van der Waals surface area contributed by atoms with Crippen molar-refractivity contribution in [3.05, 3.63) is 41.4 Å². The van der Waals surface area contributed by atoms with Gasteiger partial charge in [0, 0.05) is 10.7 Å². The molecule has 1 amide bonds. The van der Waals surface area contributed by atoms with E-state index in [1.54, 1.807) is 38.1 Å². The van der Waals surface area contributed by atoms with Crippen molar-refractivity contribution in [2.45, 2.75) is 32.8 Å². The Kier molecular flexibility index (Phi) is 5.61. The summed E-state index contributed by atoms with van der Waals surface area (Å²) in [6, 6.07) is 6.89. The van der Waals surface area contributed by atoms with Gasteiger partial charge in [-0.15, -0.1) is 0 Å². The summed E-state index contributed by atoms with van der Waals surface area (Å²) in [5, 5.41) is 3.45. The number of anilines is 1. The number of ether oxygens (including phenoxy) is 1. The van der Waals surface area contributed by atoms with Crippen molar-refractivity contribution in [3.63, 3.8) is 0 Å². The molecule has 2 rings (SSSR count). The standard InChI is InChI=1S/C17H20ClNO3/c1-11(2)22-17(21)15-6-4-3-5-14(15)16(20)19-13-9-7-12(18)8-10-13/h3-4,7-11,14-15H,5-6H2,1-2H3,(H,19,20)/t14-,15-/m1/s1. The zero-order valence-electron chi connectivity index (χ0n) is 12.7. The average Bonchev–Trinajstić information content (AvgIpc) is 2.49. The van der Waals surface area contributed by atoms with Gasteiger partial charge in [-0.2, -0.15) is 0 Å². The molecule has 4 nitrogen and oxygen atoms in total. The first-order valence-electron chi connectivity index (χ1n) is 7.39. The summed E-state index contributed by atoms with van der Waals surface area (Å²) in [7, 11) is 0. The Hall–Kier alpha value is -1.81. The fourth-order valence-corrected chi connectivity index (χ4v) is 2.58. The van der Waals surface area contributed by atoms with Crippen LogP contribution in [0.2, 0.25) is 5.02 Å². The van der Waals surface area contributed by atoms with Crippen molar-refractivity contribution in [1.29, 1.82) is 0 Å². The highest BCUT2D eigenvalue weighted by Crippen LogP contribution is 2.28. The van der Waals surface area contributed by atoms with E-state index >= 15 is 0 Å². The minimum Gasteiger partial charge on any atom is -0.463 e. The second kappa shape index (κ2) is 7.45. The predicted molar refractivity (Wildman–Crippen MR) is 86.7 cm³/mol. The first kappa shape index (κ1) is 16.6. The number of benzene rings is 1. The molecule has 0 bridgehead atoms. The zero-order valence-corrected chi connectivity index (χ0v) is 13.5. The van der Waals surface area contributed by atoms with Crippen LogP contribution in [0.15, 0.2) is 36.4 Å². The van der Waals surface area contributed by atoms with Crippen LogP contribution in [-0.4, -0.2) is 18.0 Å². The van der Waals surface area contributed by atoms with E-state index < -0.39 is 11.8 Å². The summed E-state index contributed by atoms with van der Waals surface area (Å²) in [6.07, 6.45) is 4.75. The molecule has 1 aromatic rings. The molecule has 1 aromatic carbocycles. The van der Waals surface area contributed by atoms with Gasteiger partial charge >= 0.3 is 5.97 Å². The predicted octanol–water partition coefficient (Wildman–Crippen LogP) is 3.81. The van der Waals surface area contributed by atoms with Crippen LogP contribution in [0.4, 0.5) is 5.69 Å². The van der Waals surface area contributed by atoms with E-state index in [2.05, 4.69) is 5.32 Å². The lowest BCUT2D eigenvalue weighted by Crippen LogP contribution is -2.36. The molecule has 1 aliphatic carbocycles. The van der Waals surface area contributed by atoms with Gasteiger partial charge in [-0.25, -0.2) is 0 Å². The fourth-order valence-electron chi connectivity index (χ4n) is 2.45. The van der Waals surface area contributed by atoms with Crippen molar-refractivity contribution < 1.29 is 14.3 Å². The largest absolute Gasteiger partial charge is 0.463 e. The normalized spacial score (nSPS) is 20.7. The number of hydrogen-bond acceptors (Lipinski definition) is 3. The van der Waals surface area contributed by atoms with Crippen LogP contribution in [-0.2, 0) is 14.3 Å². The molecule has 0 heterocycles. The number of hydrogen-bond donors (Lipinski definition) is 1. The Morgan fingerprint density at radius 3 is 2.32 bits per heavy atom. The molecule has 1 aliphatic rings. The number of rotatable bonds is 4. The lowest BCUT2D eigenvalue weighted by atomic mass is 9.82. The molecule has 1 N–H and O–H groups in total. The molecule has 118 valence electrons. The van der Waals surface area contributed by atoms with Crippen molar-refractivity contribution in [3.8, 4) is 0 Å². The summed E-state index contributed by atoms with van der Waals surface area (Å²) in [4.78, 5) is 24.6. The van der Waals surface area contributed by atoms with Crippen LogP contribution in [0.25, 0.3) is 0 Å². The van der Waals surface area contributed by atoms with E-state index in [4.69, 9.17) is 16.3 Å². The van der Waals surface area contributed by atoms with Gasteiger partial charge in [0.2, 0.25) is 5.91 Å². The van der Waals surface area contributed by atoms with Crippen molar-refractivity contribution in [2.24, 2.45) is 11.8 Å². The maximum atomic E-state index is 12.5. The summed E-state index contributed by atoms with van der Waals surface area (Å²) in [5.74, 6) is -1.32. The van der Waals surface area contributed by atoms with Gasteiger partial charge in [0.15, 0.2) is 0 Å². The molecule has 0 aliphatic heterocycles. The second-order valence-corrected chi connectivity index (χ2v) is 6.07. The molecule has 0 fully saturated rings. The van der Waals surface area contributed by atoms with E-state index in [1.165, 1.54) is 0 Å². The SMILES string of the molecule is CC(C)OC(=O)[C@@H]1CC=CC[C@H]1C(=O)Nc1ccc(Cl)cc1. The maximum Gasteiger partial charge on any atom is 0.310 e. The number of carbonyl (C=O) groups excluding carboxylic acids is 2. The minimum absolute atomic E-state index is 0.169. The highest BCUT2D eigenvalue weighted by atomic mass is 35.5. The fraction of sp³-hybridized carbons (Fsp3) is 0.412. The highest BCUT2D eigenvalue weighted by Gasteiger charge is 2.35. The average molecular weight is 322 g/mol. The molecular weight excluding hydrogens is 302 g/mol. The molecule has 0 radical (unpaired) electrons. The molecule has 5 heteroatoms. The molecule has 0 saturated heterocycles. The second-order valence-electron chi connectivity index (χ2n) is 5.64. The maximum absolute atomic E-state index is 12.5. The lowest BCUT2D eigenvalue weighted by molar-refractivity contribution is -0.156. The third-order valence-electron chi connectivity index (χ3n) is 3.54. The van der Waals surface area contributed by atoms with Crippen LogP contribution >= 0.6 is 11.6 Å². The number of carbonyl (C=O) groups is 2. The highest BCUT2D eigenvalue weighted by molar-refractivity contribution is 6.30. The monoisotopic (exact) mass is 321 g/mol. The first-order chi connectivity index (χ1) is 10.5. The van der Waals surface area contributed by atoms with Gasteiger partial charge in [-0.3, -0.25) is 9.59 Å². The molecule has 0 spiro atoms. The Morgan fingerprint density at radius 1 is 1.14 bits per heavy atom. The summed E-state index contributed by atoms with van der Waals surface area (Å²) in [6.45, 7) is 3.61. The minimum atomic E-state index is -0.431. The summed E-state index contributed by atoms with van der Waals surface area (Å²) in [5.41, 5.74) is 0.667. The van der Waals surface area contributed by atoms with Gasteiger partial charge in [0.1, 0.15) is 0 Å². The number of allylic oxidation sites excluding steroid dienone is 2. The Labute approximate surface area is 135 Å². The van der Waals surface area contributed by atoms with E-state index in [9.17, 15) is 9.59 Å². The van der Waals surface area contributed by atoms with Crippen molar-refractivity contribution >= 4 is 29.2 Å². The van der Waals surface area contributed by atoms with Crippen molar-refractivity contribution in [1.82, 2.24) is 0 Å². The summed E-state index contributed by atoms with van der Waals surface area (Å²) < 4.78 is 5.27. The number of halogens is 1. The van der Waals surface area contributed by atoms with Crippen LogP contribution in [0.5, 0.6) is 0 Å². The molecule has 0 saturated carbocycles. The summed E-state index contributed by atoms with van der Waals surface area (Å²) >= 11 is 5.83. The first-order valence-corrected chi connectivity index (χ1v) is 7.77. The number of amides is 1. The third-order valence-corrected chi connectivity index (χ3v) is 3.79. The number of esters is 1. The van der Waals surface area contributed by atoms with Crippen molar-refractivity contribution in [2.75, 3.05) is 5.32 Å². The van der Waals surface area contributed by atoms with Gasteiger partial charge in [-0.05, 0) is 51.0 Å². The van der Waals surface area contributed by atoms with Gasteiger partial charge in [0.05, 0.1) is 17.9 Å². The topological polar surface area (TPSA) is 55.4 Å². The van der Waals surface area contributed by atoms with Crippen LogP contribution in [0, 0.1) is 11.8 Å². The number of nitrogens with one attached hydrogen (secondary N) is 1. The zero-order chi connectivity index (χ0) is 16.1. The van der Waals surface area contributed by atoms with Crippen LogP contribution in [0.3, 0.4) is 0 Å². The van der Waals surface area contributed by atoms with Gasteiger partial charge < -0.3 is 10.1 Å². The molecule has 22 heavy (non-hydrogen) atoms. The Balaban J connectivity index is 2.06. The van der Waals surface area contributed by atoms with E-state index in [-0.39, 0.29) is 18.0 Å². The lowest BCUT2D eigenvalue weighted by Gasteiger charge is -2.26. The smallest absolute Gasteiger partial charge is 0.310 e. The Bertz CT molecular complexity index is 566. The third kappa shape index (κ3) is 4.34. The van der Waals surface area contributed by atoms with E-state index in [0.29, 0.717) is 23.6 Å². The van der Waals surface area contributed by atoms with E-state index in [0.717, 1.165) is 0 Å². The molecular formula is C17H20ClNO3. The molecule has 2 atom stereocenters. The van der Waals surface area contributed by atoms with Gasteiger partial charge in [-0.1, -0.05) is 23.8 Å².